The van der Waals surface area contributed by atoms with Gasteiger partial charge in [-0.2, -0.15) is 15.1 Å². The highest BCUT2D eigenvalue weighted by molar-refractivity contribution is 14.1. The maximum absolute atomic E-state index is 10.6. The highest BCUT2D eigenvalue weighted by Crippen LogP contribution is 2.33. The SMILES string of the molecule is OC[C@H]1O[C@@H](n2cnc3c(NCc4cccc(I)c4)nc(-n4cc(-c5ccccn5)cn4)nc32)[C@H](O)[C@@H]1O. The van der Waals surface area contributed by atoms with E-state index in [1.165, 1.54) is 15.6 Å². The summed E-state index contributed by atoms with van der Waals surface area (Å²) in [5.74, 6) is 0.725. The van der Waals surface area contributed by atoms with Gasteiger partial charge in [-0.15, -0.1) is 0 Å². The Balaban J connectivity index is 1.42. The molecule has 1 saturated heterocycles. The van der Waals surface area contributed by atoms with E-state index in [0.717, 1.165) is 20.4 Å². The van der Waals surface area contributed by atoms with Gasteiger partial charge in [0.05, 0.1) is 24.8 Å². The van der Waals surface area contributed by atoms with Gasteiger partial charge in [0.15, 0.2) is 23.2 Å². The van der Waals surface area contributed by atoms with Gasteiger partial charge in [0.2, 0.25) is 0 Å². The lowest BCUT2D eigenvalue weighted by Gasteiger charge is -2.17. The van der Waals surface area contributed by atoms with Crippen LogP contribution in [0.4, 0.5) is 5.82 Å². The van der Waals surface area contributed by atoms with Crippen molar-refractivity contribution in [2.24, 2.45) is 0 Å². The molecule has 4 aromatic heterocycles. The molecule has 38 heavy (non-hydrogen) atoms. The van der Waals surface area contributed by atoms with Gasteiger partial charge in [0.1, 0.15) is 18.3 Å². The van der Waals surface area contributed by atoms with Crippen LogP contribution in [-0.2, 0) is 11.3 Å². The molecule has 1 aromatic carbocycles. The molecule has 0 aliphatic carbocycles. The summed E-state index contributed by atoms with van der Waals surface area (Å²) >= 11 is 2.27. The van der Waals surface area contributed by atoms with Gasteiger partial charge in [-0.3, -0.25) is 9.55 Å². The first-order chi connectivity index (χ1) is 18.5. The summed E-state index contributed by atoms with van der Waals surface area (Å²) in [5.41, 5.74) is 3.43. The predicted molar refractivity (Wildman–Crippen MR) is 145 cm³/mol. The number of nitrogens with one attached hydrogen (secondary N) is 1. The van der Waals surface area contributed by atoms with Gasteiger partial charge < -0.3 is 25.4 Å². The van der Waals surface area contributed by atoms with E-state index in [9.17, 15) is 15.3 Å². The van der Waals surface area contributed by atoms with E-state index in [4.69, 9.17) is 14.7 Å². The molecule has 194 valence electrons. The van der Waals surface area contributed by atoms with E-state index in [1.54, 1.807) is 18.6 Å². The first kappa shape index (κ1) is 24.8. The van der Waals surface area contributed by atoms with Crippen LogP contribution in [0.3, 0.4) is 0 Å². The Morgan fingerprint density at radius 1 is 1.05 bits per heavy atom. The van der Waals surface area contributed by atoms with Crippen molar-refractivity contribution in [2.75, 3.05) is 11.9 Å². The molecule has 0 saturated carbocycles. The molecule has 12 nitrogen and oxygen atoms in total. The second-order valence-electron chi connectivity index (χ2n) is 8.80. The monoisotopic (exact) mass is 626 g/mol. The molecule has 5 aromatic rings. The lowest BCUT2D eigenvalue weighted by molar-refractivity contribution is -0.0511. The van der Waals surface area contributed by atoms with Crippen LogP contribution in [0.25, 0.3) is 28.4 Å². The van der Waals surface area contributed by atoms with Crippen LogP contribution >= 0.6 is 22.6 Å². The average molecular weight is 626 g/mol. The number of aliphatic hydroxyl groups excluding tert-OH is 3. The van der Waals surface area contributed by atoms with Gasteiger partial charge in [-0.1, -0.05) is 18.2 Å². The molecule has 4 atom stereocenters. The zero-order valence-corrected chi connectivity index (χ0v) is 22.0. The number of imidazole rings is 1. The number of aliphatic hydroxyl groups is 3. The Morgan fingerprint density at radius 3 is 2.71 bits per heavy atom. The topological polar surface area (TPSA) is 156 Å². The van der Waals surface area contributed by atoms with Crippen LogP contribution in [0.2, 0.25) is 0 Å². The summed E-state index contributed by atoms with van der Waals surface area (Å²) in [5, 5.41) is 38.3. The number of pyridine rings is 1. The average Bonchev–Trinajstić information content (AvgIpc) is 3.66. The lowest BCUT2D eigenvalue weighted by Crippen LogP contribution is -2.33. The second kappa shape index (κ2) is 10.3. The highest BCUT2D eigenvalue weighted by atomic mass is 127. The lowest BCUT2D eigenvalue weighted by atomic mass is 10.1. The quantitative estimate of drug-likeness (QED) is 0.197. The van der Waals surface area contributed by atoms with Gasteiger partial charge >= 0.3 is 0 Å². The first-order valence-corrected chi connectivity index (χ1v) is 12.9. The molecule has 6 rings (SSSR count). The van der Waals surface area contributed by atoms with Gasteiger partial charge in [0, 0.05) is 28.1 Å². The van der Waals surface area contributed by atoms with Crippen LogP contribution in [0, 0.1) is 3.57 Å². The first-order valence-electron chi connectivity index (χ1n) is 11.8. The number of aromatic nitrogens is 7. The molecule has 0 spiro atoms. The molecule has 0 amide bonds. The predicted octanol–water partition coefficient (Wildman–Crippen LogP) is 1.90. The standard InChI is InChI=1S/C25H23IN8O4/c26-16-5-3-4-14(8-16)9-28-22-19-23(33(13-29-19)24-21(37)20(36)18(12-35)38-24)32-25(31-22)34-11-15(10-30-34)17-6-1-2-7-27-17/h1-8,10-11,13,18,20-21,24,35-37H,9,12H2,(H,28,31,32)/t18-,20-,21-,24-/m1/s1. The van der Waals surface area contributed by atoms with Crippen LogP contribution in [-0.4, -0.2) is 74.5 Å². The van der Waals surface area contributed by atoms with Crippen molar-refractivity contribution in [1.82, 2.24) is 34.3 Å². The van der Waals surface area contributed by atoms with Crippen molar-refractivity contribution in [1.29, 1.82) is 0 Å². The summed E-state index contributed by atoms with van der Waals surface area (Å²) in [7, 11) is 0. The van der Waals surface area contributed by atoms with Gasteiger partial charge in [-0.05, 0) is 52.4 Å². The maximum atomic E-state index is 10.6. The number of hydrogen-bond acceptors (Lipinski definition) is 10. The fourth-order valence-electron chi connectivity index (χ4n) is 4.36. The second-order valence-corrected chi connectivity index (χ2v) is 10.0. The molecule has 0 radical (unpaired) electrons. The van der Waals surface area contributed by atoms with E-state index in [2.05, 4.69) is 49.0 Å². The molecular weight excluding hydrogens is 603 g/mol. The normalized spacial score (nSPS) is 21.3. The number of nitrogens with zero attached hydrogens (tertiary/aromatic N) is 7. The van der Waals surface area contributed by atoms with Crippen LogP contribution in [0.15, 0.2) is 67.4 Å². The number of ether oxygens (including phenoxy) is 1. The smallest absolute Gasteiger partial charge is 0.254 e. The van der Waals surface area contributed by atoms with Crippen molar-refractivity contribution in [3.05, 3.63) is 76.5 Å². The largest absolute Gasteiger partial charge is 0.394 e. The molecular formula is C25H23IN8O4. The van der Waals surface area contributed by atoms with Gasteiger partial charge in [0.25, 0.3) is 5.95 Å². The van der Waals surface area contributed by atoms with Crippen LogP contribution < -0.4 is 5.32 Å². The van der Waals surface area contributed by atoms with E-state index in [1.807, 2.05) is 36.4 Å². The number of rotatable bonds is 7. The van der Waals surface area contributed by atoms with Crippen molar-refractivity contribution >= 4 is 39.6 Å². The molecule has 1 aliphatic rings. The van der Waals surface area contributed by atoms with Gasteiger partial charge in [-0.25, -0.2) is 9.67 Å². The number of fused-ring (bicyclic) bond motifs is 1. The summed E-state index contributed by atoms with van der Waals surface area (Å²) in [6.45, 7) is 0.0509. The minimum Gasteiger partial charge on any atom is -0.394 e. The number of hydrogen-bond donors (Lipinski definition) is 4. The third kappa shape index (κ3) is 4.63. The minimum absolute atomic E-state index is 0.262. The highest BCUT2D eigenvalue weighted by Gasteiger charge is 2.44. The fourth-order valence-corrected chi connectivity index (χ4v) is 4.97. The zero-order chi connectivity index (χ0) is 26.2. The van der Waals surface area contributed by atoms with E-state index in [0.29, 0.717) is 23.5 Å². The molecule has 1 fully saturated rings. The maximum Gasteiger partial charge on any atom is 0.254 e. The van der Waals surface area contributed by atoms with Crippen LogP contribution in [0.1, 0.15) is 11.8 Å². The van der Waals surface area contributed by atoms with Crippen LogP contribution in [0.5, 0.6) is 0 Å². The fraction of sp³-hybridized carbons (Fsp3) is 0.240. The van der Waals surface area contributed by atoms with Crippen molar-refractivity contribution in [3.63, 3.8) is 0 Å². The summed E-state index contributed by atoms with van der Waals surface area (Å²) in [4.78, 5) is 18.3. The summed E-state index contributed by atoms with van der Waals surface area (Å²) < 4.78 is 9.92. The van der Waals surface area contributed by atoms with Crippen molar-refractivity contribution in [3.8, 4) is 17.2 Å². The number of anilines is 1. The number of benzene rings is 1. The molecule has 1 aliphatic heterocycles. The molecule has 4 N–H and O–H groups in total. The molecule has 13 heteroatoms. The Kier molecular flexibility index (Phi) is 6.75. The molecule has 0 bridgehead atoms. The van der Waals surface area contributed by atoms with E-state index < -0.39 is 31.1 Å². The third-order valence-electron chi connectivity index (χ3n) is 6.30. The Labute approximate surface area is 230 Å². The summed E-state index contributed by atoms with van der Waals surface area (Å²) in [6.07, 6.45) is 2.17. The zero-order valence-electron chi connectivity index (χ0n) is 19.8. The minimum atomic E-state index is -1.29. The molecule has 0 unspecified atom stereocenters. The van der Waals surface area contributed by atoms with Crippen molar-refractivity contribution in [2.45, 2.75) is 31.1 Å². The Morgan fingerprint density at radius 2 is 1.95 bits per heavy atom. The Hall–Kier alpha value is -3.50. The third-order valence-corrected chi connectivity index (χ3v) is 6.97. The summed E-state index contributed by atoms with van der Waals surface area (Å²) in [6, 6.07) is 13.7. The van der Waals surface area contributed by atoms with E-state index in [-0.39, 0.29) is 5.95 Å². The van der Waals surface area contributed by atoms with Crippen molar-refractivity contribution < 1.29 is 20.1 Å². The van der Waals surface area contributed by atoms with E-state index >= 15 is 0 Å². The Bertz CT molecular complexity index is 1580. The number of halogens is 1. The molecule has 5 heterocycles.